The predicted molar refractivity (Wildman–Crippen MR) is 242 cm³/mol. The maximum absolute atomic E-state index is 2.43. The molecule has 0 amide bonds. The van der Waals surface area contributed by atoms with E-state index in [0.717, 1.165) is 0 Å². The van der Waals surface area contributed by atoms with Crippen LogP contribution in [0, 0.1) is 0 Å². The van der Waals surface area contributed by atoms with E-state index in [0.29, 0.717) is 0 Å². The molecule has 258 valence electrons. The zero-order valence-electron chi connectivity index (χ0n) is 30.6. The highest BCUT2D eigenvalue weighted by molar-refractivity contribution is 6.30. The molecule has 0 aliphatic heterocycles. The van der Waals surface area contributed by atoms with E-state index < -0.39 is 0 Å². The first kappa shape index (κ1) is 31.1. The average molecular weight is 707 g/mol. The van der Waals surface area contributed by atoms with Gasteiger partial charge in [-0.1, -0.05) is 194 Å². The van der Waals surface area contributed by atoms with Crippen LogP contribution in [0.15, 0.2) is 206 Å². The maximum Gasteiger partial charge on any atom is -0.00199 e. The van der Waals surface area contributed by atoms with Crippen LogP contribution < -0.4 is 0 Å². The zero-order valence-corrected chi connectivity index (χ0v) is 30.6. The van der Waals surface area contributed by atoms with Crippen molar-refractivity contribution >= 4 is 75.4 Å². The molecule has 0 aliphatic carbocycles. The minimum atomic E-state index is 1.21. The van der Waals surface area contributed by atoms with Gasteiger partial charge >= 0.3 is 0 Å². The fourth-order valence-electron chi connectivity index (χ4n) is 9.67. The van der Waals surface area contributed by atoms with E-state index in [1.54, 1.807) is 0 Å². The molecule has 0 bridgehead atoms. The highest BCUT2D eigenvalue weighted by Gasteiger charge is 2.21. The van der Waals surface area contributed by atoms with Gasteiger partial charge in [-0.25, -0.2) is 0 Å². The van der Waals surface area contributed by atoms with Gasteiger partial charge < -0.3 is 0 Å². The van der Waals surface area contributed by atoms with Crippen LogP contribution >= 0.6 is 0 Å². The first-order valence-electron chi connectivity index (χ1n) is 19.5. The van der Waals surface area contributed by atoms with Crippen LogP contribution in [-0.4, -0.2) is 0 Å². The van der Waals surface area contributed by atoms with E-state index in [1.165, 1.54) is 120 Å². The van der Waals surface area contributed by atoms with Gasteiger partial charge in [0.05, 0.1) is 0 Å². The Bertz CT molecular complexity index is 3440. The highest BCUT2D eigenvalue weighted by Crippen LogP contribution is 2.49. The molecule has 0 N–H and O–H groups in total. The highest BCUT2D eigenvalue weighted by atomic mass is 14.2. The SMILES string of the molecule is c1ccc2c(-c3ccc(-c4cc(-c5c6ccccc6c(-c6ccc7ccc8cccc9ccc6c7c89)c6ccccc56)c5ccccc5c4)cc3)cccc2c1. The van der Waals surface area contributed by atoms with Gasteiger partial charge in [-0.05, 0) is 132 Å². The Labute approximate surface area is 324 Å². The number of rotatable bonds is 4. The van der Waals surface area contributed by atoms with Gasteiger partial charge in [0.25, 0.3) is 0 Å². The lowest BCUT2D eigenvalue weighted by atomic mass is 9.82. The second-order valence-electron chi connectivity index (χ2n) is 15.2. The molecule has 0 heteroatoms. The molecule has 0 saturated heterocycles. The molecule has 0 aromatic heterocycles. The van der Waals surface area contributed by atoms with Crippen LogP contribution in [0.2, 0.25) is 0 Å². The molecule has 0 fully saturated rings. The standard InChI is InChI=1S/C56H34/c1-3-16-43-36(11-1)13-10-22-44(43)37-25-23-35(24-26-37)42-33-41-12-2-4-17-45(41)52(34-42)56-48-20-7-5-18-46(48)55(47-19-6-8-21-49(47)56)51-32-30-40-28-27-38-14-9-15-39-29-31-50(51)54(40)53(38)39/h1-34H. The van der Waals surface area contributed by atoms with Crippen LogP contribution in [-0.2, 0) is 0 Å². The maximum atomic E-state index is 2.43. The van der Waals surface area contributed by atoms with Gasteiger partial charge in [0.15, 0.2) is 0 Å². The van der Waals surface area contributed by atoms with Crippen LogP contribution in [0.4, 0.5) is 0 Å². The average Bonchev–Trinajstić information content (AvgIpc) is 3.27. The largest absolute Gasteiger partial charge is 0.0616 e. The molecule has 0 unspecified atom stereocenters. The van der Waals surface area contributed by atoms with Crippen molar-refractivity contribution in [1.29, 1.82) is 0 Å². The molecular formula is C56H34. The number of benzene rings is 12. The van der Waals surface area contributed by atoms with Crippen molar-refractivity contribution in [1.82, 2.24) is 0 Å². The van der Waals surface area contributed by atoms with Crippen molar-refractivity contribution < 1.29 is 0 Å². The van der Waals surface area contributed by atoms with Crippen LogP contribution in [0.25, 0.3) is 120 Å². The third-order valence-electron chi connectivity index (χ3n) is 12.2. The van der Waals surface area contributed by atoms with E-state index in [9.17, 15) is 0 Å². The fraction of sp³-hybridized carbons (Fsp3) is 0. The summed E-state index contributed by atoms with van der Waals surface area (Å²) in [7, 11) is 0. The van der Waals surface area contributed by atoms with Crippen LogP contribution in [0.3, 0.4) is 0 Å². The zero-order chi connectivity index (χ0) is 36.7. The number of hydrogen-bond acceptors (Lipinski definition) is 0. The minimum Gasteiger partial charge on any atom is -0.0616 e. The second kappa shape index (κ2) is 12.1. The second-order valence-corrected chi connectivity index (χ2v) is 15.2. The molecule has 12 rings (SSSR count). The van der Waals surface area contributed by atoms with Crippen LogP contribution in [0.5, 0.6) is 0 Å². The Balaban J connectivity index is 1.10. The molecule has 0 heterocycles. The van der Waals surface area contributed by atoms with Crippen molar-refractivity contribution in [3.63, 3.8) is 0 Å². The van der Waals surface area contributed by atoms with Gasteiger partial charge in [-0.15, -0.1) is 0 Å². The van der Waals surface area contributed by atoms with Gasteiger partial charge in [0, 0.05) is 0 Å². The summed E-state index contributed by atoms with van der Waals surface area (Å²) in [6.45, 7) is 0. The molecule has 0 atom stereocenters. The van der Waals surface area contributed by atoms with Gasteiger partial charge in [-0.3, -0.25) is 0 Å². The summed E-state index contributed by atoms with van der Waals surface area (Å²) in [5.74, 6) is 0. The third-order valence-corrected chi connectivity index (χ3v) is 12.2. The molecule has 56 heavy (non-hydrogen) atoms. The summed E-state index contributed by atoms with van der Waals surface area (Å²) in [5.41, 5.74) is 10.0. The van der Waals surface area contributed by atoms with E-state index in [4.69, 9.17) is 0 Å². The van der Waals surface area contributed by atoms with E-state index in [2.05, 4.69) is 206 Å². The Hall–Kier alpha value is -7.28. The molecular weight excluding hydrogens is 673 g/mol. The summed E-state index contributed by atoms with van der Waals surface area (Å²) in [4.78, 5) is 0. The summed E-state index contributed by atoms with van der Waals surface area (Å²) in [5, 5.41) is 18.0. The molecule has 12 aromatic rings. The minimum absolute atomic E-state index is 1.21. The topological polar surface area (TPSA) is 0 Å². The van der Waals surface area contributed by atoms with Crippen molar-refractivity contribution in [3.8, 4) is 44.5 Å². The first-order valence-corrected chi connectivity index (χ1v) is 19.5. The molecule has 0 aliphatic rings. The molecule has 12 aromatic carbocycles. The lowest BCUT2D eigenvalue weighted by Gasteiger charge is -2.21. The molecule has 0 nitrogen and oxygen atoms in total. The first-order chi connectivity index (χ1) is 27.8. The Morgan fingerprint density at radius 1 is 0.196 bits per heavy atom. The van der Waals surface area contributed by atoms with Gasteiger partial charge in [0.2, 0.25) is 0 Å². The summed E-state index contributed by atoms with van der Waals surface area (Å²) < 4.78 is 0. The molecule has 0 radical (unpaired) electrons. The van der Waals surface area contributed by atoms with Crippen molar-refractivity contribution in [2.24, 2.45) is 0 Å². The number of hydrogen-bond donors (Lipinski definition) is 0. The van der Waals surface area contributed by atoms with Gasteiger partial charge in [0.1, 0.15) is 0 Å². The smallest absolute Gasteiger partial charge is 0.00199 e. The van der Waals surface area contributed by atoms with E-state index in [1.807, 2.05) is 0 Å². The number of fused-ring (bicyclic) bond motifs is 4. The lowest BCUT2D eigenvalue weighted by Crippen LogP contribution is -1.93. The summed E-state index contributed by atoms with van der Waals surface area (Å²) in [6, 6.07) is 76.7. The summed E-state index contributed by atoms with van der Waals surface area (Å²) >= 11 is 0. The van der Waals surface area contributed by atoms with Crippen molar-refractivity contribution in [3.05, 3.63) is 206 Å². The Morgan fingerprint density at radius 3 is 1.34 bits per heavy atom. The normalized spacial score (nSPS) is 11.9. The van der Waals surface area contributed by atoms with Crippen molar-refractivity contribution in [2.75, 3.05) is 0 Å². The lowest BCUT2D eigenvalue weighted by molar-refractivity contribution is 1.61. The molecule has 0 saturated carbocycles. The van der Waals surface area contributed by atoms with Gasteiger partial charge in [-0.2, -0.15) is 0 Å². The van der Waals surface area contributed by atoms with Crippen LogP contribution in [0.1, 0.15) is 0 Å². The monoisotopic (exact) mass is 706 g/mol. The summed E-state index contributed by atoms with van der Waals surface area (Å²) in [6.07, 6.45) is 0. The van der Waals surface area contributed by atoms with E-state index in [-0.39, 0.29) is 0 Å². The Kier molecular flexibility index (Phi) is 6.73. The Morgan fingerprint density at radius 2 is 0.661 bits per heavy atom. The fourth-order valence-corrected chi connectivity index (χ4v) is 9.67. The molecule has 0 spiro atoms. The quantitative estimate of drug-likeness (QED) is 0.126. The van der Waals surface area contributed by atoms with Crippen molar-refractivity contribution in [2.45, 2.75) is 0 Å². The predicted octanol–water partition coefficient (Wildman–Crippen LogP) is 15.9. The van der Waals surface area contributed by atoms with E-state index >= 15 is 0 Å². The third kappa shape index (κ3) is 4.60.